The monoisotopic (exact) mass is 446 g/mol. The molecule has 158 valence electrons. The summed E-state index contributed by atoms with van der Waals surface area (Å²) in [6.07, 6.45) is 2.58. The van der Waals surface area contributed by atoms with Gasteiger partial charge in [0.2, 0.25) is 0 Å². The van der Waals surface area contributed by atoms with Crippen LogP contribution >= 0.6 is 11.6 Å². The Bertz CT molecular complexity index is 1090. The number of ether oxygens (including phenoxy) is 1. The van der Waals surface area contributed by atoms with E-state index < -0.39 is 15.9 Å². The molecule has 0 saturated heterocycles. The lowest BCUT2D eigenvalue weighted by molar-refractivity contribution is 0.242. The van der Waals surface area contributed by atoms with Gasteiger partial charge in [0.05, 0.1) is 16.6 Å². The molecule has 8 heteroatoms. The lowest BCUT2D eigenvalue weighted by atomic mass is 10.1. The molecular weight excluding hydrogens is 424 g/mol. The topological polar surface area (TPSA) is 102 Å². The van der Waals surface area contributed by atoms with Crippen LogP contribution in [0.3, 0.4) is 0 Å². The summed E-state index contributed by atoms with van der Waals surface area (Å²) in [7, 11) is -4.14. The highest BCUT2D eigenvalue weighted by atomic mass is 35.5. The zero-order valence-corrected chi connectivity index (χ0v) is 18.2. The molecule has 3 N–H and O–H groups in total. The number of hydrogen-bond acceptors (Lipinski definition) is 4. The molecule has 0 aliphatic heterocycles. The zero-order valence-electron chi connectivity index (χ0n) is 16.6. The van der Waals surface area contributed by atoms with Crippen LogP contribution in [0.1, 0.15) is 19.4 Å². The molecule has 30 heavy (non-hydrogen) atoms. The lowest BCUT2D eigenvalue weighted by Gasteiger charge is -2.10. The van der Waals surface area contributed by atoms with Crippen molar-refractivity contribution in [2.45, 2.75) is 24.8 Å². The van der Waals surface area contributed by atoms with Crippen LogP contribution < -0.4 is 10.5 Å². The largest absolute Gasteiger partial charge is 0.507 e. The Morgan fingerprint density at radius 2 is 1.77 bits per heavy atom. The first-order valence-corrected chi connectivity index (χ1v) is 10.8. The third-order valence-corrected chi connectivity index (χ3v) is 5.34. The second-order valence-corrected chi connectivity index (χ2v) is 8.49. The van der Waals surface area contributed by atoms with E-state index in [2.05, 4.69) is 11.0 Å². The molecule has 2 aromatic rings. The molecule has 0 aromatic heterocycles. The van der Waals surface area contributed by atoms with Gasteiger partial charge in [-0.25, -0.2) is 0 Å². The predicted octanol–water partition coefficient (Wildman–Crippen LogP) is 4.80. The summed E-state index contributed by atoms with van der Waals surface area (Å²) in [4.78, 5) is -0.0705. The number of rotatable bonds is 8. The molecule has 0 amide bonds. The summed E-state index contributed by atoms with van der Waals surface area (Å²) in [6.45, 7) is 7.27. The molecule has 2 rings (SSSR count). The van der Waals surface area contributed by atoms with Crippen molar-refractivity contribution in [3.8, 4) is 5.75 Å². The Kier molecular flexibility index (Phi) is 7.86. The van der Waals surface area contributed by atoms with Gasteiger partial charge in [-0.2, -0.15) is 8.42 Å². The molecule has 0 bridgehead atoms. The van der Waals surface area contributed by atoms with Gasteiger partial charge in [-0.05, 0) is 44.2 Å². The van der Waals surface area contributed by atoms with Gasteiger partial charge in [-0.3, -0.25) is 0 Å². The fourth-order valence-electron chi connectivity index (χ4n) is 2.41. The van der Waals surface area contributed by atoms with E-state index in [9.17, 15) is 13.5 Å². The molecule has 2 aromatic carbocycles. The highest BCUT2D eigenvalue weighted by Gasteiger charge is 2.18. The van der Waals surface area contributed by atoms with Gasteiger partial charge < -0.3 is 15.6 Å². The molecule has 0 saturated carbocycles. The summed E-state index contributed by atoms with van der Waals surface area (Å²) < 4.78 is 34.6. The van der Waals surface area contributed by atoms with Gasteiger partial charge in [0.25, 0.3) is 10.0 Å². The number of benzene rings is 2. The Morgan fingerprint density at radius 1 is 1.17 bits per heavy atom. The molecule has 0 aliphatic rings. The van der Waals surface area contributed by atoms with Gasteiger partial charge in [-0.15, -0.1) is 4.40 Å². The maximum Gasteiger partial charge on any atom is 0.284 e. The minimum atomic E-state index is -4.14. The third kappa shape index (κ3) is 6.23. The maximum atomic E-state index is 12.7. The Labute approximate surface area is 181 Å². The molecule has 0 heterocycles. The van der Waals surface area contributed by atoms with E-state index in [1.165, 1.54) is 36.4 Å². The standard InChI is InChI=1S/C22H23ClN2O4S/c1-4-17(23)14-20(21(26)16-8-6-5-7-9-16)22(24)25-30(27,28)19-12-10-18(11-13-19)29-15(2)3/h4-15,26H,1H2,2-3H3,(H2,24,25)/b17-14+,21-20?. The van der Waals surface area contributed by atoms with E-state index in [-0.39, 0.29) is 27.4 Å². The van der Waals surface area contributed by atoms with Crippen LogP contribution in [0.15, 0.2) is 93.2 Å². The van der Waals surface area contributed by atoms with Crippen LogP contribution in [0.2, 0.25) is 0 Å². The Morgan fingerprint density at radius 3 is 2.30 bits per heavy atom. The number of halogens is 1. The Hall–Kier alpha value is -3.03. The number of nitrogens with zero attached hydrogens (tertiary/aromatic N) is 1. The van der Waals surface area contributed by atoms with Crippen LogP contribution in [0.5, 0.6) is 5.75 Å². The average Bonchev–Trinajstić information content (AvgIpc) is 2.71. The van der Waals surface area contributed by atoms with Crippen LogP contribution in [0.25, 0.3) is 5.76 Å². The van der Waals surface area contributed by atoms with E-state index >= 15 is 0 Å². The molecule has 0 atom stereocenters. The Balaban J connectivity index is 2.51. The zero-order chi connectivity index (χ0) is 22.3. The van der Waals surface area contributed by atoms with Crippen LogP contribution in [0.4, 0.5) is 0 Å². The highest BCUT2D eigenvalue weighted by molar-refractivity contribution is 7.90. The number of amidine groups is 1. The van der Waals surface area contributed by atoms with Gasteiger partial charge in [0, 0.05) is 10.6 Å². The SMILES string of the molecule is C=C/C(Cl)=C\C(C(N)=NS(=O)(=O)c1ccc(OC(C)C)cc1)=C(O)c1ccccc1. The highest BCUT2D eigenvalue weighted by Crippen LogP contribution is 2.22. The van der Waals surface area contributed by atoms with Crippen molar-refractivity contribution in [1.29, 1.82) is 0 Å². The van der Waals surface area contributed by atoms with Crippen molar-refractivity contribution >= 4 is 33.2 Å². The first kappa shape index (κ1) is 23.3. The molecule has 0 aliphatic carbocycles. The quantitative estimate of drug-likeness (QED) is 0.262. The normalized spacial score (nSPS) is 13.7. The fourth-order valence-corrected chi connectivity index (χ4v) is 3.46. The van der Waals surface area contributed by atoms with Crippen molar-refractivity contribution in [3.63, 3.8) is 0 Å². The second kappa shape index (κ2) is 10.1. The summed E-state index contributed by atoms with van der Waals surface area (Å²) in [5.74, 6) is -0.157. The van der Waals surface area contributed by atoms with Crippen molar-refractivity contribution in [1.82, 2.24) is 0 Å². The molecule has 6 nitrogen and oxygen atoms in total. The molecule has 0 radical (unpaired) electrons. The van der Waals surface area contributed by atoms with Crippen molar-refractivity contribution in [2.75, 3.05) is 0 Å². The summed E-state index contributed by atoms with van der Waals surface area (Å²) in [5, 5.41) is 10.8. The average molecular weight is 447 g/mol. The predicted molar refractivity (Wildman–Crippen MR) is 121 cm³/mol. The van der Waals surface area contributed by atoms with E-state index in [4.69, 9.17) is 22.1 Å². The lowest BCUT2D eigenvalue weighted by Crippen LogP contribution is -2.18. The minimum absolute atomic E-state index is 0.0452. The molecule has 0 unspecified atom stereocenters. The third-order valence-electron chi connectivity index (χ3n) is 3.77. The summed E-state index contributed by atoms with van der Waals surface area (Å²) in [5.41, 5.74) is 6.34. The van der Waals surface area contributed by atoms with E-state index in [0.717, 1.165) is 0 Å². The number of aliphatic hydroxyl groups excluding tert-OH is 1. The van der Waals surface area contributed by atoms with Crippen molar-refractivity contribution < 1.29 is 18.3 Å². The second-order valence-electron chi connectivity index (χ2n) is 6.45. The van der Waals surface area contributed by atoms with Crippen LogP contribution in [-0.2, 0) is 10.0 Å². The first-order chi connectivity index (χ1) is 14.1. The number of hydrogen-bond donors (Lipinski definition) is 2. The van der Waals surface area contributed by atoms with E-state index in [1.807, 2.05) is 13.8 Å². The summed E-state index contributed by atoms with van der Waals surface area (Å²) in [6, 6.07) is 14.3. The smallest absolute Gasteiger partial charge is 0.284 e. The molecular formula is C22H23ClN2O4S. The van der Waals surface area contributed by atoms with Crippen LogP contribution in [-0.4, -0.2) is 25.5 Å². The maximum absolute atomic E-state index is 12.7. The van der Waals surface area contributed by atoms with Gasteiger partial charge in [-0.1, -0.05) is 54.6 Å². The number of allylic oxidation sites excluding steroid dienone is 2. The van der Waals surface area contributed by atoms with Gasteiger partial charge >= 0.3 is 0 Å². The van der Waals surface area contributed by atoms with Gasteiger partial charge in [0.1, 0.15) is 17.3 Å². The fraction of sp³-hybridized carbons (Fsp3) is 0.136. The molecule has 0 spiro atoms. The van der Waals surface area contributed by atoms with Gasteiger partial charge in [0.15, 0.2) is 0 Å². The first-order valence-electron chi connectivity index (χ1n) is 9.00. The summed E-state index contributed by atoms with van der Waals surface area (Å²) >= 11 is 6.01. The number of aliphatic hydroxyl groups is 1. The minimum Gasteiger partial charge on any atom is -0.507 e. The van der Waals surface area contributed by atoms with Crippen molar-refractivity contribution in [3.05, 3.63) is 89.5 Å². The van der Waals surface area contributed by atoms with Crippen LogP contribution in [0, 0.1) is 0 Å². The number of sulfonamides is 1. The van der Waals surface area contributed by atoms with Crippen molar-refractivity contribution in [2.24, 2.45) is 10.1 Å². The molecule has 0 fully saturated rings. The number of nitrogens with two attached hydrogens (primary N) is 1. The van der Waals surface area contributed by atoms with E-state index in [1.54, 1.807) is 30.3 Å². The van der Waals surface area contributed by atoms with E-state index in [0.29, 0.717) is 11.3 Å².